The van der Waals surface area contributed by atoms with Crippen molar-refractivity contribution in [1.29, 1.82) is 0 Å². The van der Waals surface area contributed by atoms with Crippen molar-refractivity contribution in [3.63, 3.8) is 0 Å². The molecule has 1 aromatic heterocycles. The van der Waals surface area contributed by atoms with E-state index in [0.717, 1.165) is 10.3 Å². The van der Waals surface area contributed by atoms with Crippen molar-refractivity contribution in [2.45, 2.75) is 6.92 Å². The third kappa shape index (κ3) is 1.20. The third-order valence-corrected chi connectivity index (χ3v) is 2.97. The molecule has 0 spiro atoms. The number of thiophene rings is 1. The lowest BCUT2D eigenvalue weighted by Gasteiger charge is -2.05. The Morgan fingerprint density at radius 3 is 2.85 bits per heavy atom. The van der Waals surface area contributed by atoms with Gasteiger partial charge in [0.2, 0.25) is 0 Å². The molecule has 0 amide bonds. The predicted octanol–water partition coefficient (Wildman–Crippen LogP) is 3.36. The van der Waals surface area contributed by atoms with E-state index < -0.39 is 0 Å². The van der Waals surface area contributed by atoms with Gasteiger partial charge in [0, 0.05) is 10.1 Å². The standard InChI is InChI=1S/C10H9FOS/c1-6-3-4-8-9(10(6)12-2)7(11)5-13-8/h3-5H,1-2H3. The first-order valence-corrected chi connectivity index (χ1v) is 4.82. The molecule has 1 aromatic carbocycles. The van der Waals surface area contributed by atoms with E-state index in [2.05, 4.69) is 0 Å². The zero-order valence-electron chi connectivity index (χ0n) is 7.43. The maximum Gasteiger partial charge on any atom is 0.145 e. The van der Waals surface area contributed by atoms with Crippen LogP contribution in [0.2, 0.25) is 0 Å². The lowest BCUT2D eigenvalue weighted by Crippen LogP contribution is -1.88. The number of benzene rings is 1. The highest BCUT2D eigenvalue weighted by atomic mass is 32.1. The summed E-state index contributed by atoms with van der Waals surface area (Å²) in [5, 5.41) is 2.11. The van der Waals surface area contributed by atoms with Crippen molar-refractivity contribution < 1.29 is 9.13 Å². The maximum absolute atomic E-state index is 13.3. The van der Waals surface area contributed by atoms with Crippen molar-refractivity contribution in [3.05, 3.63) is 28.9 Å². The van der Waals surface area contributed by atoms with E-state index in [-0.39, 0.29) is 5.82 Å². The summed E-state index contributed by atoms with van der Waals surface area (Å²) >= 11 is 1.40. The molecule has 0 N–H and O–H groups in total. The average Bonchev–Trinajstić information content (AvgIpc) is 2.49. The minimum absolute atomic E-state index is 0.194. The zero-order chi connectivity index (χ0) is 9.42. The molecule has 0 radical (unpaired) electrons. The Morgan fingerprint density at radius 1 is 1.38 bits per heavy atom. The van der Waals surface area contributed by atoms with Crippen LogP contribution in [0.25, 0.3) is 10.1 Å². The molecule has 0 saturated carbocycles. The second kappa shape index (κ2) is 3.00. The fourth-order valence-corrected chi connectivity index (χ4v) is 2.23. The number of ether oxygens (including phenoxy) is 1. The molecule has 3 heteroatoms. The summed E-state index contributed by atoms with van der Waals surface area (Å²) in [7, 11) is 1.57. The number of rotatable bonds is 1. The van der Waals surface area contributed by atoms with Crippen molar-refractivity contribution in [2.24, 2.45) is 0 Å². The smallest absolute Gasteiger partial charge is 0.145 e. The topological polar surface area (TPSA) is 9.23 Å². The van der Waals surface area contributed by atoms with Crippen LogP contribution in [0.15, 0.2) is 17.5 Å². The summed E-state index contributed by atoms with van der Waals surface area (Å²) in [6, 6.07) is 3.86. The van der Waals surface area contributed by atoms with Gasteiger partial charge in [0.1, 0.15) is 11.6 Å². The van der Waals surface area contributed by atoms with Crippen LogP contribution in [0.3, 0.4) is 0 Å². The van der Waals surface area contributed by atoms with E-state index in [1.807, 2.05) is 19.1 Å². The number of hydrogen-bond donors (Lipinski definition) is 0. The fraction of sp³-hybridized carbons (Fsp3) is 0.200. The Balaban J connectivity index is 2.88. The van der Waals surface area contributed by atoms with E-state index in [4.69, 9.17) is 4.74 Å². The van der Waals surface area contributed by atoms with Crippen LogP contribution in [-0.4, -0.2) is 7.11 Å². The Morgan fingerprint density at radius 2 is 2.15 bits per heavy atom. The highest BCUT2D eigenvalue weighted by molar-refractivity contribution is 7.17. The molecule has 0 aliphatic rings. The summed E-state index contributed by atoms with van der Waals surface area (Å²) in [6.07, 6.45) is 0. The Bertz CT molecular complexity index is 447. The minimum atomic E-state index is -0.194. The van der Waals surface area contributed by atoms with E-state index in [0.29, 0.717) is 11.1 Å². The van der Waals surface area contributed by atoms with Gasteiger partial charge in [-0.1, -0.05) is 6.07 Å². The molecule has 0 bridgehead atoms. The van der Waals surface area contributed by atoms with Crippen molar-refractivity contribution in [1.82, 2.24) is 0 Å². The molecule has 68 valence electrons. The minimum Gasteiger partial charge on any atom is -0.496 e. The average molecular weight is 196 g/mol. The maximum atomic E-state index is 13.3. The second-order valence-corrected chi connectivity index (χ2v) is 3.78. The van der Waals surface area contributed by atoms with Gasteiger partial charge in [-0.15, -0.1) is 11.3 Å². The van der Waals surface area contributed by atoms with Gasteiger partial charge in [-0.25, -0.2) is 4.39 Å². The largest absolute Gasteiger partial charge is 0.496 e. The monoisotopic (exact) mass is 196 g/mol. The van der Waals surface area contributed by atoms with Crippen molar-refractivity contribution in [3.8, 4) is 5.75 Å². The van der Waals surface area contributed by atoms with Crippen LogP contribution in [0, 0.1) is 12.7 Å². The normalized spacial score (nSPS) is 10.7. The van der Waals surface area contributed by atoms with Gasteiger partial charge in [-0.05, 0) is 18.6 Å². The molecule has 1 nitrogen and oxygen atoms in total. The van der Waals surface area contributed by atoms with Crippen molar-refractivity contribution >= 4 is 21.4 Å². The lowest BCUT2D eigenvalue weighted by molar-refractivity contribution is 0.415. The molecule has 2 aromatic rings. The number of methoxy groups -OCH3 is 1. The molecule has 1 heterocycles. The van der Waals surface area contributed by atoms with Crippen LogP contribution in [0.1, 0.15) is 5.56 Å². The molecule has 0 aliphatic heterocycles. The summed E-state index contributed by atoms with van der Waals surface area (Å²) in [5.74, 6) is 0.455. The molecule has 0 atom stereocenters. The lowest BCUT2D eigenvalue weighted by atomic mass is 10.1. The molecule has 0 saturated heterocycles. The zero-order valence-corrected chi connectivity index (χ0v) is 8.24. The Labute approximate surface area is 79.8 Å². The van der Waals surface area contributed by atoms with Crippen LogP contribution < -0.4 is 4.74 Å². The van der Waals surface area contributed by atoms with E-state index in [1.165, 1.54) is 16.7 Å². The second-order valence-electron chi connectivity index (χ2n) is 2.87. The van der Waals surface area contributed by atoms with Gasteiger partial charge in [-0.2, -0.15) is 0 Å². The highest BCUT2D eigenvalue weighted by Gasteiger charge is 2.10. The summed E-state index contributed by atoms with van der Waals surface area (Å²) < 4.78 is 19.4. The van der Waals surface area contributed by atoms with Crippen LogP contribution in [0.5, 0.6) is 5.75 Å². The van der Waals surface area contributed by atoms with Crippen LogP contribution >= 0.6 is 11.3 Å². The van der Waals surface area contributed by atoms with Gasteiger partial charge < -0.3 is 4.74 Å². The number of aryl methyl sites for hydroxylation is 1. The molecular weight excluding hydrogens is 187 g/mol. The summed E-state index contributed by atoms with van der Waals surface area (Å²) in [4.78, 5) is 0. The van der Waals surface area contributed by atoms with Gasteiger partial charge in [0.05, 0.1) is 12.5 Å². The summed E-state index contributed by atoms with van der Waals surface area (Å²) in [6.45, 7) is 1.91. The van der Waals surface area contributed by atoms with Gasteiger partial charge >= 0.3 is 0 Å². The third-order valence-electron chi connectivity index (χ3n) is 2.05. The van der Waals surface area contributed by atoms with Crippen LogP contribution in [-0.2, 0) is 0 Å². The van der Waals surface area contributed by atoms with E-state index in [1.54, 1.807) is 7.11 Å². The van der Waals surface area contributed by atoms with Crippen molar-refractivity contribution in [2.75, 3.05) is 7.11 Å². The predicted molar refractivity (Wildman–Crippen MR) is 53.1 cm³/mol. The van der Waals surface area contributed by atoms with E-state index >= 15 is 0 Å². The van der Waals surface area contributed by atoms with Gasteiger partial charge in [0.15, 0.2) is 0 Å². The molecule has 0 fully saturated rings. The molecular formula is C10H9FOS. The molecule has 0 unspecified atom stereocenters. The first-order valence-electron chi connectivity index (χ1n) is 3.94. The number of hydrogen-bond acceptors (Lipinski definition) is 2. The van der Waals surface area contributed by atoms with Gasteiger partial charge in [0.25, 0.3) is 0 Å². The molecule has 0 aliphatic carbocycles. The quantitative estimate of drug-likeness (QED) is 0.679. The number of fused-ring (bicyclic) bond motifs is 1. The Kier molecular flexibility index (Phi) is 1.96. The Hall–Kier alpha value is -1.09. The molecule has 2 rings (SSSR count). The number of halogens is 1. The first-order chi connectivity index (χ1) is 6.24. The summed E-state index contributed by atoms with van der Waals surface area (Å²) in [5.41, 5.74) is 0.965. The van der Waals surface area contributed by atoms with E-state index in [9.17, 15) is 4.39 Å². The van der Waals surface area contributed by atoms with Crippen LogP contribution in [0.4, 0.5) is 4.39 Å². The fourth-order valence-electron chi connectivity index (χ4n) is 1.43. The highest BCUT2D eigenvalue weighted by Crippen LogP contribution is 2.34. The SMILES string of the molecule is COc1c(C)ccc2scc(F)c12. The molecule has 13 heavy (non-hydrogen) atoms. The van der Waals surface area contributed by atoms with Gasteiger partial charge in [-0.3, -0.25) is 0 Å². The first kappa shape index (κ1) is 8.51.